The van der Waals surface area contributed by atoms with Crippen molar-refractivity contribution in [3.63, 3.8) is 0 Å². The highest BCUT2D eigenvalue weighted by Crippen LogP contribution is 2.15. The van der Waals surface area contributed by atoms with Crippen LogP contribution >= 0.6 is 15.9 Å². The summed E-state index contributed by atoms with van der Waals surface area (Å²) < 4.78 is 0.956. The molecule has 0 fully saturated rings. The van der Waals surface area contributed by atoms with Gasteiger partial charge < -0.3 is 11.1 Å². The van der Waals surface area contributed by atoms with Crippen LogP contribution in [0.1, 0.15) is 18.0 Å². The summed E-state index contributed by atoms with van der Waals surface area (Å²) >= 11 is 3.38. The van der Waals surface area contributed by atoms with Crippen molar-refractivity contribution in [2.75, 3.05) is 13.1 Å². The van der Waals surface area contributed by atoms with Crippen molar-refractivity contribution in [2.24, 2.45) is 5.73 Å². The molecule has 1 atom stereocenters. The van der Waals surface area contributed by atoms with E-state index in [1.807, 2.05) is 12.3 Å². The van der Waals surface area contributed by atoms with Crippen LogP contribution in [0.3, 0.4) is 0 Å². The maximum absolute atomic E-state index is 5.68. The largest absolute Gasteiger partial charge is 0.329 e. The van der Waals surface area contributed by atoms with Gasteiger partial charge in [0, 0.05) is 42.4 Å². The molecule has 15 heavy (non-hydrogen) atoms. The minimum Gasteiger partial charge on any atom is -0.329 e. The first-order chi connectivity index (χ1) is 7.27. The van der Waals surface area contributed by atoms with E-state index in [-0.39, 0.29) is 6.04 Å². The van der Waals surface area contributed by atoms with E-state index < -0.39 is 0 Å². The first kappa shape index (κ1) is 12.2. The number of pyridine rings is 1. The van der Waals surface area contributed by atoms with E-state index in [9.17, 15) is 0 Å². The lowest BCUT2D eigenvalue weighted by Gasteiger charge is -2.16. The minimum atomic E-state index is 0.114. The molecule has 0 aliphatic rings. The van der Waals surface area contributed by atoms with Gasteiger partial charge in [-0.15, -0.1) is 12.3 Å². The van der Waals surface area contributed by atoms with Crippen molar-refractivity contribution in [1.82, 2.24) is 10.3 Å². The molecule has 0 aliphatic heterocycles. The summed E-state index contributed by atoms with van der Waals surface area (Å²) in [5, 5.41) is 3.29. The van der Waals surface area contributed by atoms with Gasteiger partial charge in [-0.3, -0.25) is 4.98 Å². The quantitative estimate of drug-likeness (QED) is 0.628. The van der Waals surface area contributed by atoms with Gasteiger partial charge >= 0.3 is 0 Å². The van der Waals surface area contributed by atoms with E-state index in [2.05, 4.69) is 32.2 Å². The maximum atomic E-state index is 5.68. The van der Waals surface area contributed by atoms with Crippen molar-refractivity contribution < 1.29 is 0 Å². The van der Waals surface area contributed by atoms with Gasteiger partial charge in [-0.25, -0.2) is 0 Å². The normalized spacial score (nSPS) is 12.1. The highest BCUT2D eigenvalue weighted by atomic mass is 79.9. The van der Waals surface area contributed by atoms with Crippen molar-refractivity contribution in [3.8, 4) is 12.3 Å². The second kappa shape index (κ2) is 6.57. The fraction of sp³-hybridized carbons (Fsp3) is 0.364. The number of hydrogen-bond acceptors (Lipinski definition) is 3. The van der Waals surface area contributed by atoms with E-state index in [0.29, 0.717) is 13.0 Å². The summed E-state index contributed by atoms with van der Waals surface area (Å²) in [4.78, 5) is 4.10. The zero-order chi connectivity index (χ0) is 11.1. The SMILES string of the molecule is C#CCCNC(CN)c1cncc(Br)c1. The topological polar surface area (TPSA) is 50.9 Å². The monoisotopic (exact) mass is 267 g/mol. The van der Waals surface area contributed by atoms with Gasteiger partial charge in [0.2, 0.25) is 0 Å². The second-order valence-corrected chi connectivity index (χ2v) is 4.05. The van der Waals surface area contributed by atoms with Crippen LogP contribution in [0.4, 0.5) is 0 Å². The second-order valence-electron chi connectivity index (χ2n) is 3.13. The molecule has 0 saturated carbocycles. The predicted octanol–water partition coefficient (Wildman–Crippen LogP) is 1.46. The minimum absolute atomic E-state index is 0.114. The van der Waals surface area contributed by atoms with E-state index in [1.165, 1.54) is 0 Å². The number of halogens is 1. The van der Waals surface area contributed by atoms with E-state index >= 15 is 0 Å². The van der Waals surface area contributed by atoms with E-state index in [0.717, 1.165) is 16.6 Å². The van der Waals surface area contributed by atoms with Crippen molar-refractivity contribution >= 4 is 15.9 Å². The fourth-order valence-electron chi connectivity index (χ4n) is 1.27. The number of nitrogens with one attached hydrogen (secondary N) is 1. The molecule has 0 amide bonds. The lowest BCUT2D eigenvalue weighted by molar-refractivity contribution is 0.549. The summed E-state index contributed by atoms with van der Waals surface area (Å²) in [5.41, 5.74) is 6.75. The Labute approximate surface area is 98.6 Å². The average molecular weight is 268 g/mol. The summed E-state index contributed by atoms with van der Waals surface area (Å²) in [5.74, 6) is 2.58. The Morgan fingerprint density at radius 2 is 2.40 bits per heavy atom. The molecule has 3 N–H and O–H groups in total. The Hall–Kier alpha value is -0.890. The highest BCUT2D eigenvalue weighted by Gasteiger charge is 2.08. The van der Waals surface area contributed by atoms with E-state index in [1.54, 1.807) is 6.20 Å². The molecule has 1 rings (SSSR count). The van der Waals surface area contributed by atoms with Crippen LogP contribution in [0.15, 0.2) is 22.9 Å². The molecule has 0 bridgehead atoms. The number of nitrogens with two attached hydrogens (primary N) is 1. The predicted molar refractivity (Wildman–Crippen MR) is 65.2 cm³/mol. The lowest BCUT2D eigenvalue weighted by atomic mass is 10.1. The summed E-state index contributed by atoms with van der Waals surface area (Å²) in [6, 6.07) is 2.12. The summed E-state index contributed by atoms with van der Waals surface area (Å²) in [6.45, 7) is 1.30. The molecular weight excluding hydrogens is 254 g/mol. The number of rotatable bonds is 5. The van der Waals surface area contributed by atoms with Crippen molar-refractivity contribution in [3.05, 3.63) is 28.5 Å². The van der Waals surface area contributed by atoms with Gasteiger partial charge in [-0.05, 0) is 27.6 Å². The molecule has 0 aromatic carbocycles. The van der Waals surface area contributed by atoms with Crippen LogP contribution in [0.5, 0.6) is 0 Å². The molecule has 0 aliphatic carbocycles. The molecule has 3 nitrogen and oxygen atoms in total. The smallest absolute Gasteiger partial charge is 0.0460 e. The summed E-state index contributed by atoms with van der Waals surface area (Å²) in [6.07, 6.45) is 9.44. The van der Waals surface area contributed by atoms with Crippen LogP contribution in [-0.4, -0.2) is 18.1 Å². The fourth-order valence-corrected chi connectivity index (χ4v) is 1.66. The van der Waals surface area contributed by atoms with Gasteiger partial charge in [0.1, 0.15) is 0 Å². The molecule has 0 spiro atoms. The van der Waals surface area contributed by atoms with Gasteiger partial charge in [0.05, 0.1) is 0 Å². The Morgan fingerprint density at radius 3 is 3.00 bits per heavy atom. The van der Waals surface area contributed by atoms with Crippen LogP contribution in [0, 0.1) is 12.3 Å². The first-order valence-corrected chi connectivity index (χ1v) is 5.54. The number of nitrogens with zero attached hydrogens (tertiary/aromatic N) is 1. The lowest BCUT2D eigenvalue weighted by Crippen LogP contribution is -2.29. The Balaban J connectivity index is 2.62. The van der Waals surface area contributed by atoms with Crippen LogP contribution in [0.2, 0.25) is 0 Å². The van der Waals surface area contributed by atoms with Gasteiger partial charge in [-0.1, -0.05) is 0 Å². The molecular formula is C11H14BrN3. The van der Waals surface area contributed by atoms with Crippen LogP contribution in [0.25, 0.3) is 0 Å². The van der Waals surface area contributed by atoms with Crippen LogP contribution in [-0.2, 0) is 0 Å². The first-order valence-electron chi connectivity index (χ1n) is 4.75. The zero-order valence-electron chi connectivity index (χ0n) is 8.41. The van der Waals surface area contributed by atoms with Gasteiger partial charge in [0.15, 0.2) is 0 Å². The number of hydrogen-bond donors (Lipinski definition) is 2. The standard InChI is InChI=1S/C11H14BrN3/c1-2-3-4-15-11(6-13)9-5-10(12)8-14-7-9/h1,5,7-8,11,15H,3-4,6,13H2. The molecule has 1 unspecified atom stereocenters. The Bertz CT molecular complexity index is 346. The summed E-state index contributed by atoms with van der Waals surface area (Å²) in [7, 11) is 0. The van der Waals surface area contributed by atoms with Gasteiger partial charge in [-0.2, -0.15) is 0 Å². The van der Waals surface area contributed by atoms with E-state index in [4.69, 9.17) is 12.2 Å². The highest BCUT2D eigenvalue weighted by molar-refractivity contribution is 9.10. The third-order valence-electron chi connectivity index (χ3n) is 2.02. The van der Waals surface area contributed by atoms with Crippen LogP contribution < -0.4 is 11.1 Å². The van der Waals surface area contributed by atoms with Crippen molar-refractivity contribution in [2.45, 2.75) is 12.5 Å². The molecule has 1 aromatic rings. The number of terminal acetylenes is 1. The molecule has 1 aromatic heterocycles. The van der Waals surface area contributed by atoms with Crippen molar-refractivity contribution in [1.29, 1.82) is 0 Å². The third-order valence-corrected chi connectivity index (χ3v) is 2.46. The number of aromatic nitrogens is 1. The zero-order valence-corrected chi connectivity index (χ0v) is 10.00. The molecule has 80 valence electrons. The Kier molecular flexibility index (Phi) is 5.33. The third kappa shape index (κ3) is 4.00. The molecule has 0 saturated heterocycles. The molecule has 0 radical (unpaired) electrons. The van der Waals surface area contributed by atoms with Gasteiger partial charge in [0.25, 0.3) is 0 Å². The average Bonchev–Trinajstić information content (AvgIpc) is 2.24. The molecule has 4 heteroatoms. The molecule has 1 heterocycles. The Morgan fingerprint density at radius 1 is 1.60 bits per heavy atom. The maximum Gasteiger partial charge on any atom is 0.0460 e.